The summed E-state index contributed by atoms with van der Waals surface area (Å²) < 4.78 is 6.87. The summed E-state index contributed by atoms with van der Waals surface area (Å²) in [5.41, 5.74) is 1.39. The van der Waals surface area contributed by atoms with Crippen LogP contribution in [-0.2, 0) is 0 Å². The Labute approximate surface area is 148 Å². The number of aromatic nitrogens is 2. The molecule has 1 amide bonds. The minimum Gasteiger partial charge on any atom is -0.497 e. The van der Waals surface area contributed by atoms with Crippen molar-refractivity contribution >= 4 is 18.3 Å². The zero-order valence-corrected chi connectivity index (χ0v) is 14.8. The van der Waals surface area contributed by atoms with Crippen LogP contribution in [0.2, 0.25) is 0 Å². The van der Waals surface area contributed by atoms with E-state index < -0.39 is 0 Å². The fraction of sp³-hybridized carbons (Fsp3) is 0.412. The predicted octanol–water partition coefficient (Wildman–Crippen LogP) is 2.13. The van der Waals surface area contributed by atoms with Gasteiger partial charge in [-0.25, -0.2) is 4.68 Å². The molecule has 2 heterocycles. The number of nitrogens with one attached hydrogen (secondary N) is 1. The van der Waals surface area contributed by atoms with Crippen LogP contribution in [-0.4, -0.2) is 53.9 Å². The van der Waals surface area contributed by atoms with Crippen LogP contribution in [0.1, 0.15) is 23.3 Å². The Morgan fingerprint density at radius 1 is 1.21 bits per heavy atom. The molecule has 0 spiro atoms. The first-order valence-electron chi connectivity index (χ1n) is 7.88. The third-order valence-corrected chi connectivity index (χ3v) is 4.34. The van der Waals surface area contributed by atoms with Crippen molar-refractivity contribution in [1.29, 1.82) is 0 Å². The van der Waals surface area contributed by atoms with Crippen LogP contribution in [0.25, 0.3) is 5.69 Å². The smallest absolute Gasteiger partial charge is 0.274 e. The van der Waals surface area contributed by atoms with E-state index in [1.54, 1.807) is 17.9 Å². The molecule has 0 atom stereocenters. The molecule has 0 aliphatic carbocycles. The molecule has 1 aliphatic rings. The van der Waals surface area contributed by atoms with Crippen molar-refractivity contribution in [1.82, 2.24) is 20.0 Å². The second-order valence-corrected chi connectivity index (χ2v) is 5.70. The molecule has 1 aromatic carbocycles. The molecule has 0 bridgehead atoms. The van der Waals surface area contributed by atoms with Crippen LogP contribution in [0.3, 0.4) is 0 Å². The number of amides is 1. The zero-order valence-electron chi connectivity index (χ0n) is 13.9. The third kappa shape index (κ3) is 3.88. The summed E-state index contributed by atoms with van der Waals surface area (Å²) >= 11 is 0. The Balaban J connectivity index is 0.00000208. The SMILES string of the molecule is CNC1CCN(C(=O)c2ccn(-c3ccc(OC)cc3)n2)CC1.Cl. The van der Waals surface area contributed by atoms with Crippen molar-refractivity contribution in [2.24, 2.45) is 0 Å². The molecule has 1 N–H and O–H groups in total. The maximum atomic E-state index is 12.5. The van der Waals surface area contributed by atoms with Crippen LogP contribution in [0.5, 0.6) is 5.75 Å². The van der Waals surface area contributed by atoms with Gasteiger partial charge in [0.2, 0.25) is 0 Å². The number of methoxy groups -OCH3 is 1. The van der Waals surface area contributed by atoms with Gasteiger partial charge in [-0.2, -0.15) is 5.10 Å². The van der Waals surface area contributed by atoms with Crippen LogP contribution >= 0.6 is 12.4 Å². The fourth-order valence-corrected chi connectivity index (χ4v) is 2.85. The Morgan fingerprint density at radius 3 is 2.46 bits per heavy atom. The minimum atomic E-state index is 0. The topological polar surface area (TPSA) is 59.4 Å². The van der Waals surface area contributed by atoms with Gasteiger partial charge in [-0.05, 0) is 50.2 Å². The quantitative estimate of drug-likeness (QED) is 0.917. The van der Waals surface area contributed by atoms with Crippen molar-refractivity contribution < 1.29 is 9.53 Å². The number of carbonyl (C=O) groups excluding carboxylic acids is 1. The minimum absolute atomic E-state index is 0. The van der Waals surface area contributed by atoms with E-state index in [1.807, 2.05) is 42.4 Å². The van der Waals surface area contributed by atoms with E-state index in [2.05, 4.69) is 10.4 Å². The Hall–Kier alpha value is -2.05. The van der Waals surface area contributed by atoms with Crippen molar-refractivity contribution in [3.8, 4) is 11.4 Å². The molecular weight excluding hydrogens is 328 g/mol. The number of hydrogen-bond acceptors (Lipinski definition) is 4. The lowest BCUT2D eigenvalue weighted by molar-refractivity contribution is 0.0701. The van der Waals surface area contributed by atoms with Gasteiger partial charge in [0.15, 0.2) is 5.69 Å². The molecular formula is C17H23ClN4O2. The summed E-state index contributed by atoms with van der Waals surface area (Å²) in [6.45, 7) is 1.56. The van der Waals surface area contributed by atoms with E-state index >= 15 is 0 Å². The maximum absolute atomic E-state index is 12.5. The van der Waals surface area contributed by atoms with Crippen LogP contribution in [0.4, 0.5) is 0 Å². The van der Waals surface area contributed by atoms with E-state index in [1.165, 1.54) is 0 Å². The molecule has 1 aromatic heterocycles. The van der Waals surface area contributed by atoms with E-state index in [-0.39, 0.29) is 18.3 Å². The average molecular weight is 351 g/mol. The number of rotatable bonds is 4. The summed E-state index contributed by atoms with van der Waals surface area (Å²) in [5, 5.41) is 7.69. The molecule has 1 aliphatic heterocycles. The first kappa shape index (κ1) is 18.3. The zero-order chi connectivity index (χ0) is 16.2. The van der Waals surface area contributed by atoms with E-state index in [0.29, 0.717) is 11.7 Å². The molecule has 2 aromatic rings. The highest BCUT2D eigenvalue weighted by Gasteiger charge is 2.24. The Bertz CT molecular complexity index is 663. The van der Waals surface area contributed by atoms with Crippen LogP contribution < -0.4 is 10.1 Å². The summed E-state index contributed by atoms with van der Waals surface area (Å²) in [7, 11) is 3.61. The molecule has 6 nitrogen and oxygen atoms in total. The molecule has 1 saturated heterocycles. The third-order valence-electron chi connectivity index (χ3n) is 4.34. The molecule has 3 rings (SSSR count). The number of nitrogens with zero attached hydrogens (tertiary/aromatic N) is 3. The van der Waals surface area contributed by atoms with E-state index in [4.69, 9.17) is 4.74 Å². The predicted molar refractivity (Wildman–Crippen MR) is 95.3 cm³/mol. The molecule has 24 heavy (non-hydrogen) atoms. The molecule has 7 heteroatoms. The second-order valence-electron chi connectivity index (χ2n) is 5.70. The van der Waals surface area contributed by atoms with E-state index in [0.717, 1.165) is 37.4 Å². The monoisotopic (exact) mass is 350 g/mol. The van der Waals surface area contributed by atoms with Gasteiger partial charge in [0, 0.05) is 25.3 Å². The second kappa shape index (κ2) is 8.17. The van der Waals surface area contributed by atoms with Crippen molar-refractivity contribution in [3.63, 3.8) is 0 Å². The standard InChI is InChI=1S/C17H22N4O2.ClH/c1-18-13-7-10-20(11-8-13)17(22)16-9-12-21(19-16)14-3-5-15(23-2)6-4-14;/h3-6,9,12-13,18H,7-8,10-11H2,1-2H3;1H. The lowest BCUT2D eigenvalue weighted by atomic mass is 10.1. The summed E-state index contributed by atoms with van der Waals surface area (Å²) in [6.07, 6.45) is 3.79. The first-order chi connectivity index (χ1) is 11.2. The molecule has 0 saturated carbocycles. The molecule has 1 fully saturated rings. The molecule has 0 unspecified atom stereocenters. The lowest BCUT2D eigenvalue weighted by Crippen LogP contribution is -2.44. The maximum Gasteiger partial charge on any atom is 0.274 e. The summed E-state index contributed by atoms with van der Waals surface area (Å²) in [4.78, 5) is 14.4. The number of benzene rings is 1. The first-order valence-corrected chi connectivity index (χ1v) is 7.88. The van der Waals surface area contributed by atoms with Gasteiger partial charge >= 0.3 is 0 Å². The van der Waals surface area contributed by atoms with Crippen molar-refractivity contribution in [3.05, 3.63) is 42.2 Å². The van der Waals surface area contributed by atoms with Crippen molar-refractivity contribution in [2.75, 3.05) is 27.2 Å². The van der Waals surface area contributed by atoms with Gasteiger partial charge in [0.1, 0.15) is 5.75 Å². The number of carbonyl (C=O) groups is 1. The average Bonchev–Trinajstić information content (AvgIpc) is 3.11. The molecule has 0 radical (unpaired) electrons. The highest BCUT2D eigenvalue weighted by molar-refractivity contribution is 5.92. The van der Waals surface area contributed by atoms with E-state index in [9.17, 15) is 4.79 Å². The Kier molecular flexibility index (Phi) is 6.23. The van der Waals surface area contributed by atoms with Crippen molar-refractivity contribution in [2.45, 2.75) is 18.9 Å². The Morgan fingerprint density at radius 2 is 1.88 bits per heavy atom. The van der Waals surface area contributed by atoms with Gasteiger partial charge in [-0.1, -0.05) is 0 Å². The van der Waals surface area contributed by atoms with Gasteiger partial charge in [0.05, 0.1) is 12.8 Å². The van der Waals surface area contributed by atoms with Gasteiger partial charge in [-0.3, -0.25) is 4.79 Å². The van der Waals surface area contributed by atoms with Gasteiger partial charge < -0.3 is 15.0 Å². The number of likely N-dealkylation sites (tertiary alicyclic amines) is 1. The number of piperidine rings is 1. The number of hydrogen-bond donors (Lipinski definition) is 1. The molecule has 130 valence electrons. The summed E-state index contributed by atoms with van der Waals surface area (Å²) in [6, 6.07) is 9.87. The number of halogens is 1. The van der Waals surface area contributed by atoms with Crippen LogP contribution in [0, 0.1) is 0 Å². The van der Waals surface area contributed by atoms with Gasteiger partial charge in [-0.15, -0.1) is 12.4 Å². The number of ether oxygens (including phenoxy) is 1. The fourth-order valence-electron chi connectivity index (χ4n) is 2.85. The highest BCUT2D eigenvalue weighted by Crippen LogP contribution is 2.16. The normalized spacial score (nSPS) is 15.0. The van der Waals surface area contributed by atoms with Gasteiger partial charge in [0.25, 0.3) is 5.91 Å². The highest BCUT2D eigenvalue weighted by atomic mass is 35.5. The summed E-state index contributed by atoms with van der Waals surface area (Å²) in [5.74, 6) is 0.802. The largest absolute Gasteiger partial charge is 0.497 e. The lowest BCUT2D eigenvalue weighted by Gasteiger charge is -2.31. The van der Waals surface area contributed by atoms with Crippen LogP contribution in [0.15, 0.2) is 36.5 Å².